The molecule has 7 heteroatoms. The molecule has 0 spiro atoms. The molecule has 1 aromatic heterocycles. The largest absolute Gasteiger partial charge is 0.492 e. The van der Waals surface area contributed by atoms with E-state index in [1.165, 1.54) is 7.11 Å². The monoisotopic (exact) mass is 351 g/mol. The molecule has 6 nitrogen and oxygen atoms in total. The molecule has 0 N–H and O–H groups in total. The van der Waals surface area contributed by atoms with Crippen molar-refractivity contribution >= 4 is 17.6 Å². The van der Waals surface area contributed by atoms with Gasteiger partial charge in [0.2, 0.25) is 0 Å². The lowest BCUT2D eigenvalue weighted by atomic mass is 10.3. The minimum atomic E-state index is -0.246. The van der Waals surface area contributed by atoms with Crippen molar-refractivity contribution in [2.75, 3.05) is 33.4 Å². The van der Waals surface area contributed by atoms with Gasteiger partial charge in [-0.15, -0.1) is 0 Å². The van der Waals surface area contributed by atoms with Crippen LogP contribution in [-0.4, -0.2) is 53.8 Å². The van der Waals surface area contributed by atoms with E-state index in [4.69, 9.17) is 21.1 Å². The van der Waals surface area contributed by atoms with Crippen LogP contribution in [0.2, 0.25) is 5.02 Å². The highest BCUT2D eigenvalue weighted by atomic mass is 35.5. The van der Waals surface area contributed by atoms with Crippen LogP contribution in [0.15, 0.2) is 43.0 Å². The minimum Gasteiger partial charge on any atom is -0.492 e. The summed E-state index contributed by atoms with van der Waals surface area (Å²) in [6, 6.07) is 7.22. The molecule has 0 saturated heterocycles. The Bertz CT molecular complexity index is 602. The predicted molar refractivity (Wildman–Crippen MR) is 92.2 cm³/mol. The van der Waals surface area contributed by atoms with Crippen molar-refractivity contribution in [2.24, 2.45) is 0 Å². The number of aromatic nitrogens is 2. The molecule has 0 aliphatic rings. The summed E-state index contributed by atoms with van der Waals surface area (Å²) >= 11 is 5.85. The predicted octanol–water partition coefficient (Wildman–Crippen LogP) is 2.48. The standard InChI is InChI=1S/C17H22ClN3O3/c1-23-17(22)13-20(8-2-9-21-10-7-19-14-21)11-12-24-16-5-3-15(18)4-6-16/h3-7,10,14H,2,8-9,11-13H2,1H3. The van der Waals surface area contributed by atoms with Crippen LogP contribution in [0.5, 0.6) is 5.75 Å². The van der Waals surface area contributed by atoms with Crippen LogP contribution in [0.4, 0.5) is 0 Å². The van der Waals surface area contributed by atoms with Crippen molar-refractivity contribution in [2.45, 2.75) is 13.0 Å². The summed E-state index contributed by atoms with van der Waals surface area (Å²) < 4.78 is 12.5. The molecule has 1 aromatic carbocycles. The topological polar surface area (TPSA) is 56.6 Å². The number of hydrogen-bond donors (Lipinski definition) is 0. The van der Waals surface area contributed by atoms with E-state index in [2.05, 4.69) is 4.98 Å². The number of carbonyl (C=O) groups excluding carboxylic acids is 1. The number of imidazole rings is 1. The van der Waals surface area contributed by atoms with E-state index in [-0.39, 0.29) is 12.5 Å². The molecular weight excluding hydrogens is 330 g/mol. The summed E-state index contributed by atoms with van der Waals surface area (Å²) in [7, 11) is 1.40. The molecule has 2 aromatic rings. The van der Waals surface area contributed by atoms with Crippen molar-refractivity contribution in [1.29, 1.82) is 0 Å². The zero-order chi connectivity index (χ0) is 17.2. The SMILES string of the molecule is COC(=O)CN(CCCn1ccnc1)CCOc1ccc(Cl)cc1. The van der Waals surface area contributed by atoms with E-state index in [1.807, 2.05) is 27.8 Å². The smallest absolute Gasteiger partial charge is 0.319 e. The third-order valence-electron chi connectivity index (χ3n) is 3.52. The number of ether oxygens (including phenoxy) is 2. The molecular formula is C17H22ClN3O3. The summed E-state index contributed by atoms with van der Waals surface area (Å²) in [6.45, 7) is 3.02. The summed E-state index contributed by atoms with van der Waals surface area (Å²) in [5, 5.41) is 0.675. The van der Waals surface area contributed by atoms with Gasteiger partial charge >= 0.3 is 5.97 Å². The van der Waals surface area contributed by atoms with Gasteiger partial charge in [0.05, 0.1) is 20.0 Å². The fourth-order valence-electron chi connectivity index (χ4n) is 2.24. The van der Waals surface area contributed by atoms with E-state index >= 15 is 0 Å². The average molecular weight is 352 g/mol. The zero-order valence-electron chi connectivity index (χ0n) is 13.7. The molecule has 0 fully saturated rings. The van der Waals surface area contributed by atoms with E-state index in [0.717, 1.165) is 25.3 Å². The summed E-state index contributed by atoms with van der Waals surface area (Å²) in [4.78, 5) is 17.6. The van der Waals surface area contributed by atoms with Gasteiger partial charge in [0, 0.05) is 37.1 Å². The molecule has 0 amide bonds. The van der Waals surface area contributed by atoms with Crippen molar-refractivity contribution < 1.29 is 14.3 Å². The number of nitrogens with zero attached hydrogens (tertiary/aromatic N) is 3. The highest BCUT2D eigenvalue weighted by Crippen LogP contribution is 2.15. The van der Waals surface area contributed by atoms with E-state index in [1.54, 1.807) is 24.7 Å². The van der Waals surface area contributed by atoms with Gasteiger partial charge in [0.1, 0.15) is 12.4 Å². The third-order valence-corrected chi connectivity index (χ3v) is 3.77. The number of aryl methyl sites for hydroxylation is 1. The molecule has 0 radical (unpaired) electrons. The Kier molecular flexibility index (Phi) is 7.58. The molecule has 130 valence electrons. The van der Waals surface area contributed by atoms with Gasteiger partial charge in [-0.2, -0.15) is 0 Å². The Morgan fingerprint density at radius 3 is 2.75 bits per heavy atom. The second-order valence-electron chi connectivity index (χ2n) is 5.31. The van der Waals surface area contributed by atoms with Gasteiger partial charge in [-0.25, -0.2) is 4.98 Å². The van der Waals surface area contributed by atoms with Gasteiger partial charge in [-0.3, -0.25) is 9.69 Å². The molecule has 0 saturated carbocycles. The second-order valence-corrected chi connectivity index (χ2v) is 5.75. The van der Waals surface area contributed by atoms with Gasteiger partial charge in [-0.05, 0) is 30.7 Å². The van der Waals surface area contributed by atoms with Gasteiger partial charge in [0.25, 0.3) is 0 Å². The Labute approximate surface area is 146 Å². The lowest BCUT2D eigenvalue weighted by Gasteiger charge is -2.21. The highest BCUT2D eigenvalue weighted by molar-refractivity contribution is 6.30. The van der Waals surface area contributed by atoms with E-state index in [0.29, 0.717) is 18.2 Å². The first-order valence-electron chi connectivity index (χ1n) is 7.80. The fourth-order valence-corrected chi connectivity index (χ4v) is 2.36. The summed E-state index contributed by atoms with van der Waals surface area (Å²) in [5.41, 5.74) is 0. The molecule has 0 atom stereocenters. The van der Waals surface area contributed by atoms with Gasteiger partial charge < -0.3 is 14.0 Å². The fraction of sp³-hybridized carbons (Fsp3) is 0.412. The van der Waals surface area contributed by atoms with Crippen molar-refractivity contribution in [3.05, 3.63) is 48.0 Å². The van der Waals surface area contributed by atoms with Crippen molar-refractivity contribution in [3.8, 4) is 5.75 Å². The van der Waals surface area contributed by atoms with Crippen LogP contribution in [0, 0.1) is 0 Å². The number of hydrogen-bond acceptors (Lipinski definition) is 5. The summed E-state index contributed by atoms with van der Waals surface area (Å²) in [6.07, 6.45) is 6.38. The zero-order valence-corrected chi connectivity index (χ0v) is 14.5. The number of methoxy groups -OCH3 is 1. The van der Waals surface area contributed by atoms with Crippen molar-refractivity contribution in [1.82, 2.24) is 14.5 Å². The number of esters is 1. The lowest BCUT2D eigenvalue weighted by molar-refractivity contribution is -0.142. The number of carbonyl (C=O) groups is 1. The first kappa shape index (κ1) is 18.3. The maximum Gasteiger partial charge on any atom is 0.319 e. The first-order chi connectivity index (χ1) is 11.7. The van der Waals surface area contributed by atoms with Gasteiger partial charge in [-0.1, -0.05) is 11.6 Å². The number of halogens is 1. The lowest BCUT2D eigenvalue weighted by Crippen LogP contribution is -2.35. The van der Waals surface area contributed by atoms with Crippen LogP contribution in [0.3, 0.4) is 0 Å². The second kappa shape index (κ2) is 9.95. The highest BCUT2D eigenvalue weighted by Gasteiger charge is 2.11. The van der Waals surface area contributed by atoms with Crippen LogP contribution in [-0.2, 0) is 16.1 Å². The van der Waals surface area contributed by atoms with Crippen molar-refractivity contribution in [3.63, 3.8) is 0 Å². The summed E-state index contributed by atoms with van der Waals surface area (Å²) in [5.74, 6) is 0.514. The Hall–Kier alpha value is -2.05. The molecule has 24 heavy (non-hydrogen) atoms. The molecule has 0 aliphatic heterocycles. The number of rotatable bonds is 10. The van der Waals surface area contributed by atoms with Gasteiger partial charge in [0.15, 0.2) is 0 Å². The normalized spacial score (nSPS) is 10.8. The van der Waals surface area contributed by atoms with Crippen LogP contribution < -0.4 is 4.74 Å². The maximum atomic E-state index is 11.6. The van der Waals surface area contributed by atoms with Crippen LogP contribution in [0.1, 0.15) is 6.42 Å². The van der Waals surface area contributed by atoms with Crippen LogP contribution >= 0.6 is 11.6 Å². The molecule has 1 heterocycles. The van der Waals surface area contributed by atoms with E-state index in [9.17, 15) is 4.79 Å². The molecule has 2 rings (SSSR count). The first-order valence-corrected chi connectivity index (χ1v) is 8.18. The Balaban J connectivity index is 1.76. The minimum absolute atomic E-state index is 0.246. The average Bonchev–Trinajstić information content (AvgIpc) is 3.09. The third kappa shape index (κ3) is 6.60. The number of benzene rings is 1. The maximum absolute atomic E-state index is 11.6. The Morgan fingerprint density at radius 1 is 1.29 bits per heavy atom. The Morgan fingerprint density at radius 2 is 2.08 bits per heavy atom. The molecule has 0 unspecified atom stereocenters. The van der Waals surface area contributed by atoms with Crippen LogP contribution in [0.25, 0.3) is 0 Å². The molecule has 0 aliphatic carbocycles. The quantitative estimate of drug-likeness (QED) is 0.615. The molecule has 0 bridgehead atoms. The van der Waals surface area contributed by atoms with E-state index < -0.39 is 0 Å².